The number of hydrogen-bond donors (Lipinski definition) is 2. The Morgan fingerprint density at radius 3 is 2.71 bits per heavy atom. The summed E-state index contributed by atoms with van der Waals surface area (Å²) < 4.78 is 0. The number of likely N-dealkylation sites (tertiary alicyclic amines) is 1. The normalized spacial score (nSPS) is 22.2. The van der Waals surface area contributed by atoms with Crippen LogP contribution in [-0.2, 0) is 4.79 Å². The van der Waals surface area contributed by atoms with E-state index in [0.717, 1.165) is 19.4 Å². The predicted octanol–water partition coefficient (Wildman–Crippen LogP) is 0.838. The maximum atomic E-state index is 12.0. The van der Waals surface area contributed by atoms with Crippen molar-refractivity contribution in [2.24, 2.45) is 23.5 Å². The van der Waals surface area contributed by atoms with Crippen LogP contribution in [0.2, 0.25) is 0 Å². The lowest BCUT2D eigenvalue weighted by molar-refractivity contribution is -0.131. The fraction of sp³-hybridized carbons (Fsp3) is 0.923. The zero-order chi connectivity index (χ0) is 12.8. The molecular weight excluding hydrogens is 216 g/mol. The highest BCUT2D eigenvalue weighted by Gasteiger charge is 2.26. The van der Waals surface area contributed by atoms with Crippen molar-refractivity contribution in [1.82, 2.24) is 4.90 Å². The number of amides is 1. The van der Waals surface area contributed by atoms with E-state index in [4.69, 9.17) is 10.8 Å². The Bertz CT molecular complexity index is 244. The number of hydrogen-bond acceptors (Lipinski definition) is 3. The molecule has 100 valence electrons. The van der Waals surface area contributed by atoms with Gasteiger partial charge in [0.25, 0.3) is 0 Å². The Balaban J connectivity index is 2.37. The molecule has 0 bridgehead atoms. The average molecular weight is 242 g/mol. The van der Waals surface area contributed by atoms with Gasteiger partial charge in [0, 0.05) is 32.0 Å². The van der Waals surface area contributed by atoms with E-state index in [1.807, 2.05) is 4.90 Å². The number of aliphatic hydroxyl groups is 1. The zero-order valence-electron chi connectivity index (χ0n) is 11.1. The lowest BCUT2D eigenvalue weighted by Gasteiger charge is -2.21. The molecule has 0 aromatic rings. The van der Waals surface area contributed by atoms with E-state index >= 15 is 0 Å². The maximum absolute atomic E-state index is 12.0. The van der Waals surface area contributed by atoms with Crippen molar-refractivity contribution < 1.29 is 9.90 Å². The second kappa shape index (κ2) is 6.97. The summed E-state index contributed by atoms with van der Waals surface area (Å²) in [5.41, 5.74) is 5.71. The van der Waals surface area contributed by atoms with Gasteiger partial charge >= 0.3 is 0 Å². The van der Waals surface area contributed by atoms with Crippen molar-refractivity contribution in [3.8, 4) is 0 Å². The van der Waals surface area contributed by atoms with Gasteiger partial charge in [-0.1, -0.05) is 13.8 Å². The molecule has 17 heavy (non-hydrogen) atoms. The van der Waals surface area contributed by atoms with Gasteiger partial charge in [0.1, 0.15) is 0 Å². The lowest BCUT2D eigenvalue weighted by atomic mass is 9.94. The monoisotopic (exact) mass is 242 g/mol. The molecular formula is C13H26N2O2. The Kier molecular flexibility index (Phi) is 5.92. The van der Waals surface area contributed by atoms with Gasteiger partial charge in [0.2, 0.25) is 5.91 Å². The molecule has 0 radical (unpaired) electrons. The van der Waals surface area contributed by atoms with E-state index < -0.39 is 0 Å². The first-order chi connectivity index (χ1) is 8.06. The van der Waals surface area contributed by atoms with Gasteiger partial charge < -0.3 is 15.7 Å². The van der Waals surface area contributed by atoms with E-state index in [0.29, 0.717) is 31.3 Å². The molecule has 0 aliphatic carbocycles. The highest BCUT2D eigenvalue weighted by atomic mass is 16.3. The summed E-state index contributed by atoms with van der Waals surface area (Å²) in [7, 11) is 0. The minimum absolute atomic E-state index is 0.191. The van der Waals surface area contributed by atoms with E-state index in [1.165, 1.54) is 0 Å². The quantitative estimate of drug-likeness (QED) is 0.725. The Labute approximate surface area is 104 Å². The fourth-order valence-corrected chi connectivity index (χ4v) is 2.51. The first-order valence-corrected chi connectivity index (χ1v) is 6.65. The minimum Gasteiger partial charge on any atom is -0.396 e. The van der Waals surface area contributed by atoms with E-state index in [1.54, 1.807) is 0 Å². The van der Waals surface area contributed by atoms with Crippen molar-refractivity contribution >= 4 is 5.91 Å². The minimum atomic E-state index is 0.191. The molecule has 1 rings (SSSR count). The summed E-state index contributed by atoms with van der Waals surface area (Å²) >= 11 is 0. The number of carbonyl (C=O) groups excluding carboxylic acids is 1. The summed E-state index contributed by atoms with van der Waals surface area (Å²) in [6, 6.07) is 0. The number of aliphatic hydroxyl groups excluding tert-OH is 1. The molecule has 0 spiro atoms. The fourth-order valence-electron chi connectivity index (χ4n) is 2.51. The Morgan fingerprint density at radius 1 is 1.53 bits per heavy atom. The molecule has 2 atom stereocenters. The predicted molar refractivity (Wildman–Crippen MR) is 68.4 cm³/mol. The lowest BCUT2D eigenvalue weighted by Crippen LogP contribution is -2.32. The Hall–Kier alpha value is -0.610. The SMILES string of the molecule is CC(C)C[C@H](CN)CC(=O)N1CCC(CO)C1. The van der Waals surface area contributed by atoms with Crippen LogP contribution in [-0.4, -0.2) is 42.2 Å². The van der Waals surface area contributed by atoms with Crippen LogP contribution in [0.25, 0.3) is 0 Å². The summed E-state index contributed by atoms with van der Waals surface area (Å²) in [6.45, 7) is 6.60. The van der Waals surface area contributed by atoms with Crippen molar-refractivity contribution in [3.63, 3.8) is 0 Å². The van der Waals surface area contributed by atoms with Crippen LogP contribution in [0.1, 0.15) is 33.1 Å². The van der Waals surface area contributed by atoms with Crippen LogP contribution in [0.4, 0.5) is 0 Å². The molecule has 0 aromatic heterocycles. The molecule has 1 aliphatic rings. The molecule has 1 aliphatic heterocycles. The van der Waals surface area contributed by atoms with Gasteiger partial charge in [-0.3, -0.25) is 4.79 Å². The third kappa shape index (κ3) is 4.64. The van der Waals surface area contributed by atoms with Crippen LogP contribution in [0.5, 0.6) is 0 Å². The summed E-state index contributed by atoms with van der Waals surface area (Å²) in [4.78, 5) is 13.9. The largest absolute Gasteiger partial charge is 0.396 e. The summed E-state index contributed by atoms with van der Waals surface area (Å²) in [6.07, 6.45) is 2.51. The van der Waals surface area contributed by atoms with Crippen molar-refractivity contribution in [3.05, 3.63) is 0 Å². The third-order valence-corrected chi connectivity index (χ3v) is 3.50. The zero-order valence-corrected chi connectivity index (χ0v) is 11.1. The molecule has 1 fully saturated rings. The molecule has 1 saturated heterocycles. The first-order valence-electron chi connectivity index (χ1n) is 6.65. The maximum Gasteiger partial charge on any atom is 0.222 e. The van der Waals surface area contributed by atoms with Crippen LogP contribution in [0.15, 0.2) is 0 Å². The number of carbonyl (C=O) groups is 1. The van der Waals surface area contributed by atoms with Gasteiger partial charge in [-0.05, 0) is 31.2 Å². The van der Waals surface area contributed by atoms with Crippen molar-refractivity contribution in [2.75, 3.05) is 26.2 Å². The topological polar surface area (TPSA) is 66.6 Å². The number of rotatable bonds is 6. The van der Waals surface area contributed by atoms with Crippen LogP contribution >= 0.6 is 0 Å². The van der Waals surface area contributed by atoms with Crippen molar-refractivity contribution in [2.45, 2.75) is 33.1 Å². The number of nitrogens with zero attached hydrogens (tertiary/aromatic N) is 1. The van der Waals surface area contributed by atoms with Gasteiger partial charge in [-0.25, -0.2) is 0 Å². The smallest absolute Gasteiger partial charge is 0.222 e. The molecule has 0 saturated carbocycles. The molecule has 4 heteroatoms. The van der Waals surface area contributed by atoms with Gasteiger partial charge in [0.05, 0.1) is 0 Å². The number of nitrogens with two attached hydrogens (primary N) is 1. The highest BCUT2D eigenvalue weighted by Crippen LogP contribution is 2.20. The van der Waals surface area contributed by atoms with Crippen molar-refractivity contribution in [1.29, 1.82) is 0 Å². The van der Waals surface area contributed by atoms with Crippen LogP contribution in [0.3, 0.4) is 0 Å². The highest BCUT2D eigenvalue weighted by molar-refractivity contribution is 5.76. The van der Waals surface area contributed by atoms with Crippen LogP contribution < -0.4 is 5.73 Å². The average Bonchev–Trinajstić information content (AvgIpc) is 2.75. The first kappa shape index (κ1) is 14.5. The molecule has 4 nitrogen and oxygen atoms in total. The Morgan fingerprint density at radius 2 is 2.24 bits per heavy atom. The molecule has 1 unspecified atom stereocenters. The third-order valence-electron chi connectivity index (χ3n) is 3.50. The molecule has 3 N–H and O–H groups in total. The van der Waals surface area contributed by atoms with Gasteiger partial charge in [0.15, 0.2) is 0 Å². The van der Waals surface area contributed by atoms with Crippen LogP contribution in [0, 0.1) is 17.8 Å². The van der Waals surface area contributed by atoms with E-state index in [2.05, 4.69) is 13.8 Å². The summed E-state index contributed by atoms with van der Waals surface area (Å²) in [5, 5.41) is 9.05. The summed E-state index contributed by atoms with van der Waals surface area (Å²) in [5.74, 6) is 1.37. The van der Waals surface area contributed by atoms with E-state index in [-0.39, 0.29) is 18.4 Å². The second-order valence-electron chi connectivity index (χ2n) is 5.61. The molecule has 1 heterocycles. The van der Waals surface area contributed by atoms with E-state index in [9.17, 15) is 4.79 Å². The van der Waals surface area contributed by atoms with Gasteiger partial charge in [-0.2, -0.15) is 0 Å². The molecule has 1 amide bonds. The van der Waals surface area contributed by atoms with Gasteiger partial charge in [-0.15, -0.1) is 0 Å². The standard InChI is InChI=1S/C13H26N2O2/c1-10(2)5-12(7-14)6-13(17)15-4-3-11(8-15)9-16/h10-12,16H,3-9,14H2,1-2H3/t11?,12-/m0/s1. The second-order valence-corrected chi connectivity index (χ2v) is 5.61. The molecule has 0 aromatic carbocycles.